The van der Waals surface area contributed by atoms with Gasteiger partial charge in [-0.25, -0.2) is 0 Å². The molecular weight excluding hydrogens is 322 g/mol. The molecule has 1 aromatic heterocycles. The molecule has 0 radical (unpaired) electrons. The largest absolute Gasteiger partial charge is 0.347 e. The van der Waals surface area contributed by atoms with E-state index in [1.165, 1.54) is 25.7 Å². The van der Waals surface area contributed by atoms with E-state index in [1.54, 1.807) is 4.90 Å². The van der Waals surface area contributed by atoms with Crippen molar-refractivity contribution in [3.05, 3.63) is 5.82 Å². The van der Waals surface area contributed by atoms with Crippen molar-refractivity contribution < 1.29 is 9.59 Å². The Morgan fingerprint density at radius 1 is 1.28 bits per heavy atom. The minimum Gasteiger partial charge on any atom is -0.347 e. The predicted octanol–water partition coefficient (Wildman–Crippen LogP) is 0.101. The summed E-state index contributed by atoms with van der Waals surface area (Å²) in [5.74, 6) is 1.05. The van der Waals surface area contributed by atoms with Crippen LogP contribution in [-0.4, -0.2) is 75.5 Å². The maximum absolute atomic E-state index is 12.6. The van der Waals surface area contributed by atoms with E-state index in [0.717, 1.165) is 13.0 Å². The summed E-state index contributed by atoms with van der Waals surface area (Å²) in [6.45, 7) is 2.06. The highest BCUT2D eigenvalue weighted by atomic mass is 16.2. The van der Waals surface area contributed by atoms with Crippen molar-refractivity contribution in [3.63, 3.8) is 0 Å². The third kappa shape index (κ3) is 4.75. The Bertz CT molecular complexity index is 571. The molecule has 1 unspecified atom stereocenters. The molecule has 9 nitrogen and oxygen atoms in total. The zero-order chi connectivity index (χ0) is 17.6. The number of piperazine rings is 1. The number of H-pyrrole nitrogens is 1. The van der Waals surface area contributed by atoms with Gasteiger partial charge in [0.15, 0.2) is 5.82 Å². The van der Waals surface area contributed by atoms with Gasteiger partial charge in [-0.1, -0.05) is 30.9 Å². The van der Waals surface area contributed by atoms with E-state index in [2.05, 4.69) is 30.8 Å². The minimum absolute atomic E-state index is 0.0293. The molecule has 1 saturated carbocycles. The first-order valence-corrected chi connectivity index (χ1v) is 9.11. The molecule has 25 heavy (non-hydrogen) atoms. The highest BCUT2D eigenvalue weighted by Gasteiger charge is 2.32. The molecule has 1 atom stereocenters. The molecule has 138 valence electrons. The summed E-state index contributed by atoms with van der Waals surface area (Å²) in [5.41, 5.74) is 0. The Hall–Kier alpha value is -2.03. The van der Waals surface area contributed by atoms with Crippen molar-refractivity contribution in [2.45, 2.75) is 44.6 Å². The molecule has 2 fully saturated rings. The van der Waals surface area contributed by atoms with Crippen molar-refractivity contribution in [1.29, 1.82) is 0 Å². The van der Waals surface area contributed by atoms with Crippen molar-refractivity contribution in [3.8, 4) is 0 Å². The number of hydrogen-bond donors (Lipinski definition) is 2. The zero-order valence-electron chi connectivity index (χ0n) is 14.8. The van der Waals surface area contributed by atoms with Crippen LogP contribution >= 0.6 is 0 Å². The highest BCUT2D eigenvalue weighted by Crippen LogP contribution is 2.28. The molecule has 2 heterocycles. The third-order valence-electron chi connectivity index (χ3n) is 5.25. The molecule has 0 spiro atoms. The second-order valence-corrected chi connectivity index (χ2v) is 7.10. The fourth-order valence-corrected chi connectivity index (χ4v) is 3.75. The fourth-order valence-electron chi connectivity index (χ4n) is 3.75. The number of carbonyl (C=O) groups excluding carboxylic acids is 2. The van der Waals surface area contributed by atoms with Gasteiger partial charge in [-0.15, -0.1) is 10.2 Å². The predicted molar refractivity (Wildman–Crippen MR) is 90.3 cm³/mol. The van der Waals surface area contributed by atoms with Gasteiger partial charge >= 0.3 is 0 Å². The first-order chi connectivity index (χ1) is 12.1. The second-order valence-electron chi connectivity index (χ2n) is 7.10. The molecule has 0 bridgehead atoms. The Labute approximate surface area is 147 Å². The van der Waals surface area contributed by atoms with Crippen molar-refractivity contribution >= 4 is 11.8 Å². The van der Waals surface area contributed by atoms with Crippen LogP contribution < -0.4 is 5.32 Å². The SMILES string of the molecule is CN1CCN(C(=O)CNC(=O)CCC2CCCC2)C(c2nn[nH]n2)C1. The van der Waals surface area contributed by atoms with Gasteiger partial charge < -0.3 is 15.1 Å². The Kier molecular flexibility index (Phi) is 5.95. The number of amides is 2. The van der Waals surface area contributed by atoms with Crippen molar-refractivity contribution in [1.82, 2.24) is 35.7 Å². The molecule has 1 aliphatic heterocycles. The lowest BCUT2D eigenvalue weighted by Gasteiger charge is -2.38. The van der Waals surface area contributed by atoms with Gasteiger partial charge in [0.25, 0.3) is 0 Å². The maximum Gasteiger partial charge on any atom is 0.242 e. The summed E-state index contributed by atoms with van der Waals surface area (Å²) < 4.78 is 0. The average Bonchev–Trinajstić information content (AvgIpc) is 3.31. The number of tetrazole rings is 1. The number of likely N-dealkylation sites (N-methyl/N-ethyl adjacent to an activating group) is 1. The summed E-state index contributed by atoms with van der Waals surface area (Å²) >= 11 is 0. The molecule has 2 N–H and O–H groups in total. The number of hydrogen-bond acceptors (Lipinski definition) is 6. The normalized spacial score (nSPS) is 22.3. The Balaban J connectivity index is 1.48. The zero-order valence-corrected chi connectivity index (χ0v) is 14.8. The number of rotatable bonds is 6. The van der Waals surface area contributed by atoms with Crippen LogP contribution in [0, 0.1) is 5.92 Å². The summed E-state index contributed by atoms with van der Waals surface area (Å²) in [6.07, 6.45) is 6.48. The molecule has 3 rings (SSSR count). The van der Waals surface area contributed by atoms with E-state index in [0.29, 0.717) is 31.3 Å². The molecule has 9 heteroatoms. The van der Waals surface area contributed by atoms with Crippen LogP contribution in [0.1, 0.15) is 50.4 Å². The maximum atomic E-state index is 12.6. The van der Waals surface area contributed by atoms with Gasteiger partial charge in [0.1, 0.15) is 6.04 Å². The van der Waals surface area contributed by atoms with Crippen LogP contribution in [0.3, 0.4) is 0 Å². The van der Waals surface area contributed by atoms with Crippen LogP contribution in [0.2, 0.25) is 0 Å². The molecular formula is C16H27N7O2. The van der Waals surface area contributed by atoms with Gasteiger partial charge in [-0.3, -0.25) is 9.59 Å². The summed E-state index contributed by atoms with van der Waals surface area (Å²) in [4.78, 5) is 28.5. The van der Waals surface area contributed by atoms with E-state index < -0.39 is 0 Å². The van der Waals surface area contributed by atoms with Crippen LogP contribution in [0.15, 0.2) is 0 Å². The molecule has 0 aromatic carbocycles. The van der Waals surface area contributed by atoms with E-state index in [9.17, 15) is 9.59 Å². The Morgan fingerprint density at radius 3 is 2.80 bits per heavy atom. The molecule has 2 aliphatic rings. The van der Waals surface area contributed by atoms with Crippen molar-refractivity contribution in [2.24, 2.45) is 5.92 Å². The molecule has 1 aliphatic carbocycles. The van der Waals surface area contributed by atoms with Gasteiger partial charge in [0, 0.05) is 26.1 Å². The number of nitrogens with zero attached hydrogens (tertiary/aromatic N) is 5. The lowest BCUT2D eigenvalue weighted by molar-refractivity contribution is -0.137. The summed E-state index contributed by atoms with van der Waals surface area (Å²) in [7, 11) is 2.00. The van der Waals surface area contributed by atoms with Gasteiger partial charge in [0.05, 0.1) is 6.54 Å². The van der Waals surface area contributed by atoms with E-state index >= 15 is 0 Å². The number of carbonyl (C=O) groups is 2. The molecule has 1 aromatic rings. The van der Waals surface area contributed by atoms with Gasteiger partial charge in [0.2, 0.25) is 11.8 Å². The van der Waals surface area contributed by atoms with Gasteiger partial charge in [-0.05, 0) is 19.4 Å². The smallest absolute Gasteiger partial charge is 0.242 e. The third-order valence-corrected chi connectivity index (χ3v) is 5.25. The highest BCUT2D eigenvalue weighted by molar-refractivity contribution is 5.85. The van der Waals surface area contributed by atoms with Gasteiger partial charge in [-0.2, -0.15) is 5.21 Å². The standard InChI is InChI=1S/C16H27N7O2/c1-22-8-9-23(13(11-22)16-18-20-21-19-16)15(25)10-17-14(24)7-6-12-4-2-3-5-12/h12-13H,2-11H2,1H3,(H,17,24)(H,18,19,20,21). The van der Waals surface area contributed by atoms with Crippen LogP contribution in [0.4, 0.5) is 0 Å². The minimum atomic E-state index is -0.236. The summed E-state index contributed by atoms with van der Waals surface area (Å²) in [5, 5.41) is 16.8. The van der Waals surface area contributed by atoms with E-state index in [1.807, 2.05) is 7.05 Å². The van der Waals surface area contributed by atoms with Crippen LogP contribution in [-0.2, 0) is 9.59 Å². The molecule has 2 amide bonds. The number of nitrogens with one attached hydrogen (secondary N) is 2. The summed E-state index contributed by atoms with van der Waals surface area (Å²) in [6, 6.07) is -0.236. The Morgan fingerprint density at radius 2 is 2.08 bits per heavy atom. The second kappa shape index (κ2) is 8.37. The van der Waals surface area contributed by atoms with Crippen molar-refractivity contribution in [2.75, 3.05) is 33.2 Å². The number of aromatic nitrogens is 4. The lowest BCUT2D eigenvalue weighted by atomic mass is 10.0. The van der Waals surface area contributed by atoms with E-state index in [4.69, 9.17) is 0 Å². The van der Waals surface area contributed by atoms with Crippen LogP contribution in [0.25, 0.3) is 0 Å². The van der Waals surface area contributed by atoms with E-state index in [-0.39, 0.29) is 24.4 Å². The van der Waals surface area contributed by atoms with Crippen LogP contribution in [0.5, 0.6) is 0 Å². The lowest BCUT2D eigenvalue weighted by Crippen LogP contribution is -2.52. The number of aromatic amines is 1. The first-order valence-electron chi connectivity index (χ1n) is 9.11. The first kappa shape index (κ1) is 17.8. The average molecular weight is 349 g/mol. The quantitative estimate of drug-likeness (QED) is 0.754. The topological polar surface area (TPSA) is 107 Å². The molecule has 1 saturated heterocycles. The fraction of sp³-hybridized carbons (Fsp3) is 0.812. The monoisotopic (exact) mass is 349 g/mol.